The first-order valence-corrected chi connectivity index (χ1v) is 13.3. The average molecular weight is 484 g/mol. The summed E-state index contributed by atoms with van der Waals surface area (Å²) in [5.41, 5.74) is 13.7. The second kappa shape index (κ2) is 10.3. The van der Waals surface area contributed by atoms with Crippen molar-refractivity contribution in [2.45, 2.75) is 98.8 Å². The molecule has 6 nitrogen and oxygen atoms in total. The van der Waals surface area contributed by atoms with Gasteiger partial charge < -0.3 is 16.8 Å². The van der Waals surface area contributed by atoms with E-state index < -0.39 is 11.8 Å². The number of primary amides is 2. The lowest BCUT2D eigenvalue weighted by Gasteiger charge is -2.38. The molecule has 0 saturated heterocycles. The van der Waals surface area contributed by atoms with E-state index in [-0.39, 0.29) is 28.6 Å². The van der Waals surface area contributed by atoms with Crippen LogP contribution in [0.1, 0.15) is 125 Å². The molecule has 2 aliphatic rings. The number of carbonyl (C=O) groups is 3. The van der Waals surface area contributed by atoms with Gasteiger partial charge in [0.05, 0.1) is 0 Å². The molecule has 3 rings (SSSR count). The largest absolute Gasteiger partial charge is 0.366 e. The van der Waals surface area contributed by atoms with Crippen molar-refractivity contribution in [1.82, 2.24) is 0 Å². The molecule has 0 aromatic heterocycles. The number of rotatable bonds is 5. The van der Waals surface area contributed by atoms with Gasteiger partial charge in [0.15, 0.2) is 0 Å². The molecule has 3 amide bonds. The van der Waals surface area contributed by atoms with Gasteiger partial charge in [-0.2, -0.15) is 0 Å². The number of carbonyl (C=O) groups excluding carboxylic acids is 3. The molecule has 5 N–H and O–H groups in total. The molecule has 1 aromatic rings. The summed E-state index contributed by atoms with van der Waals surface area (Å²) >= 11 is 0. The van der Waals surface area contributed by atoms with Gasteiger partial charge in [0.1, 0.15) is 0 Å². The van der Waals surface area contributed by atoms with Gasteiger partial charge in [0, 0.05) is 22.7 Å². The normalized spacial score (nSPS) is 25.7. The molecule has 2 aliphatic carbocycles. The van der Waals surface area contributed by atoms with E-state index in [0.29, 0.717) is 34.2 Å². The minimum absolute atomic E-state index is 0.0519. The second-order valence-corrected chi connectivity index (χ2v) is 13.0. The number of nitrogens with two attached hydrogens (primary N) is 2. The summed E-state index contributed by atoms with van der Waals surface area (Å²) in [6.45, 7) is 13.5. The third-order valence-corrected chi connectivity index (χ3v) is 8.66. The minimum atomic E-state index is -0.595. The summed E-state index contributed by atoms with van der Waals surface area (Å²) < 4.78 is 0. The van der Waals surface area contributed by atoms with Gasteiger partial charge in [-0.15, -0.1) is 0 Å². The molecule has 2 fully saturated rings. The maximum Gasteiger partial charge on any atom is 0.249 e. The third kappa shape index (κ3) is 6.45. The van der Waals surface area contributed by atoms with Crippen LogP contribution in [0.4, 0.5) is 5.69 Å². The number of hydrogen-bond acceptors (Lipinski definition) is 3. The summed E-state index contributed by atoms with van der Waals surface area (Å²) in [4.78, 5) is 38.0. The van der Waals surface area contributed by atoms with Crippen LogP contribution >= 0.6 is 0 Å². The first-order chi connectivity index (χ1) is 16.2. The SMILES string of the molecule is CC(C)(C)C1CCC(C(=O)Nc2cc(C(N)=O)c(C3CCC(C(C)(C)C)CC3)c(C(N)=O)c2)CC1. The van der Waals surface area contributed by atoms with E-state index in [1.165, 1.54) is 0 Å². The van der Waals surface area contributed by atoms with Crippen molar-refractivity contribution in [2.75, 3.05) is 5.32 Å². The van der Waals surface area contributed by atoms with Crippen LogP contribution in [-0.2, 0) is 4.79 Å². The summed E-state index contributed by atoms with van der Waals surface area (Å²) in [5.74, 6) is -0.0704. The predicted octanol–water partition coefficient (Wildman–Crippen LogP) is 6.00. The maximum absolute atomic E-state index is 13.1. The fourth-order valence-corrected chi connectivity index (χ4v) is 6.29. The highest BCUT2D eigenvalue weighted by Gasteiger charge is 2.35. The highest BCUT2D eigenvalue weighted by atomic mass is 16.2. The first kappa shape index (κ1) is 27.2. The fraction of sp³-hybridized carbons (Fsp3) is 0.690. The van der Waals surface area contributed by atoms with Crippen LogP contribution in [0.15, 0.2) is 12.1 Å². The van der Waals surface area contributed by atoms with Crippen molar-refractivity contribution in [3.8, 4) is 0 Å². The third-order valence-electron chi connectivity index (χ3n) is 8.66. The molecule has 0 heterocycles. The van der Waals surface area contributed by atoms with E-state index >= 15 is 0 Å². The topological polar surface area (TPSA) is 115 Å². The van der Waals surface area contributed by atoms with E-state index in [9.17, 15) is 14.4 Å². The van der Waals surface area contributed by atoms with Crippen molar-refractivity contribution in [3.05, 3.63) is 28.8 Å². The Labute approximate surface area is 211 Å². The lowest BCUT2D eigenvalue weighted by atomic mass is 9.67. The number of hydrogen-bond donors (Lipinski definition) is 3. The van der Waals surface area contributed by atoms with Crippen LogP contribution in [0.5, 0.6) is 0 Å². The van der Waals surface area contributed by atoms with E-state index in [2.05, 4.69) is 46.9 Å². The highest BCUT2D eigenvalue weighted by molar-refractivity contribution is 6.04. The molecular formula is C29H45N3O3. The van der Waals surface area contributed by atoms with Gasteiger partial charge in [-0.25, -0.2) is 0 Å². The van der Waals surface area contributed by atoms with Crippen molar-refractivity contribution < 1.29 is 14.4 Å². The molecule has 0 radical (unpaired) electrons. The summed E-state index contributed by atoms with van der Waals surface area (Å²) in [6, 6.07) is 3.28. The summed E-state index contributed by atoms with van der Waals surface area (Å²) in [6.07, 6.45) is 7.55. The maximum atomic E-state index is 13.1. The van der Waals surface area contributed by atoms with E-state index in [4.69, 9.17) is 11.5 Å². The van der Waals surface area contributed by atoms with Crippen LogP contribution in [-0.4, -0.2) is 17.7 Å². The van der Waals surface area contributed by atoms with Crippen molar-refractivity contribution in [3.63, 3.8) is 0 Å². The van der Waals surface area contributed by atoms with Crippen LogP contribution in [0, 0.1) is 28.6 Å². The summed E-state index contributed by atoms with van der Waals surface area (Å²) in [7, 11) is 0. The summed E-state index contributed by atoms with van der Waals surface area (Å²) in [5, 5.41) is 2.96. The Kier molecular flexibility index (Phi) is 8.02. The Hall–Kier alpha value is -2.37. The molecule has 0 atom stereocenters. The minimum Gasteiger partial charge on any atom is -0.366 e. The molecule has 0 unspecified atom stereocenters. The zero-order valence-electron chi connectivity index (χ0n) is 22.5. The zero-order chi connectivity index (χ0) is 26.1. The Bertz CT molecular complexity index is 919. The van der Waals surface area contributed by atoms with Crippen molar-refractivity contribution >= 4 is 23.4 Å². The molecule has 0 aliphatic heterocycles. The zero-order valence-corrected chi connectivity index (χ0v) is 22.5. The molecule has 1 aromatic carbocycles. The Morgan fingerprint density at radius 3 is 1.49 bits per heavy atom. The number of anilines is 1. The van der Waals surface area contributed by atoms with Gasteiger partial charge >= 0.3 is 0 Å². The van der Waals surface area contributed by atoms with E-state index in [0.717, 1.165) is 51.4 Å². The lowest BCUT2D eigenvalue weighted by Crippen LogP contribution is -2.32. The quantitative estimate of drug-likeness (QED) is 0.477. The van der Waals surface area contributed by atoms with Crippen molar-refractivity contribution in [2.24, 2.45) is 40.1 Å². The molecule has 0 spiro atoms. The Balaban J connectivity index is 1.82. The second-order valence-electron chi connectivity index (χ2n) is 13.0. The Morgan fingerprint density at radius 2 is 1.11 bits per heavy atom. The molecule has 6 heteroatoms. The van der Waals surface area contributed by atoms with Crippen molar-refractivity contribution in [1.29, 1.82) is 0 Å². The fourth-order valence-electron chi connectivity index (χ4n) is 6.29. The molecular weight excluding hydrogens is 438 g/mol. The Morgan fingerprint density at radius 1 is 0.714 bits per heavy atom. The van der Waals surface area contributed by atoms with Gasteiger partial charge in [-0.05, 0) is 97.6 Å². The molecule has 0 bridgehead atoms. The van der Waals surface area contributed by atoms with Crippen LogP contribution in [0.2, 0.25) is 0 Å². The number of nitrogens with one attached hydrogen (secondary N) is 1. The van der Waals surface area contributed by atoms with Crippen LogP contribution in [0.3, 0.4) is 0 Å². The molecule has 35 heavy (non-hydrogen) atoms. The van der Waals surface area contributed by atoms with Gasteiger partial charge in [0.25, 0.3) is 0 Å². The van der Waals surface area contributed by atoms with E-state index in [1.807, 2.05) is 0 Å². The smallest absolute Gasteiger partial charge is 0.249 e. The van der Waals surface area contributed by atoms with E-state index in [1.54, 1.807) is 12.1 Å². The lowest BCUT2D eigenvalue weighted by molar-refractivity contribution is -0.121. The van der Waals surface area contributed by atoms with Gasteiger partial charge in [0.2, 0.25) is 17.7 Å². The molecule has 194 valence electrons. The first-order valence-electron chi connectivity index (χ1n) is 13.3. The van der Waals surface area contributed by atoms with Gasteiger partial charge in [-0.1, -0.05) is 41.5 Å². The average Bonchev–Trinajstić information content (AvgIpc) is 2.77. The molecule has 2 saturated carbocycles. The monoisotopic (exact) mass is 483 g/mol. The highest BCUT2D eigenvalue weighted by Crippen LogP contribution is 2.45. The van der Waals surface area contributed by atoms with Crippen LogP contribution < -0.4 is 16.8 Å². The standard InChI is InChI=1S/C29H45N3O3/c1-28(2,3)19-11-7-17(8-12-19)24-22(25(30)33)15-21(16-23(24)26(31)34)32-27(35)18-9-13-20(14-10-18)29(4,5)6/h15-20H,7-14H2,1-6H3,(H2,30,33)(H2,31,34)(H,32,35). The van der Waals surface area contributed by atoms with Gasteiger partial charge in [-0.3, -0.25) is 14.4 Å². The predicted molar refractivity (Wildman–Crippen MR) is 141 cm³/mol. The number of amides is 3. The van der Waals surface area contributed by atoms with Crippen LogP contribution in [0.25, 0.3) is 0 Å². The number of benzene rings is 1.